The van der Waals surface area contributed by atoms with Crippen molar-refractivity contribution in [1.29, 1.82) is 0 Å². The quantitative estimate of drug-likeness (QED) is 0.158. The van der Waals surface area contributed by atoms with E-state index in [1.54, 1.807) is 0 Å². The first kappa shape index (κ1) is 35.3. The van der Waals surface area contributed by atoms with E-state index in [9.17, 15) is 0 Å². The smallest absolute Gasteiger partial charge is 0.229 e. The van der Waals surface area contributed by atoms with Crippen molar-refractivity contribution in [3.63, 3.8) is 0 Å². The monoisotopic (exact) mass is 795 g/mol. The van der Waals surface area contributed by atoms with Gasteiger partial charge in [0.1, 0.15) is 11.2 Å². The SMILES string of the molecule is c1ccc(-c2nc(-c3ccc(-c4cnc5oc6c(-c7ccccc7)nc(-c7ccccc7)nc6c5c4)cc3)nc(-c3ccc(-n4c5ccccc5c5ccccc54)cc3)n2)cc1. The van der Waals surface area contributed by atoms with Gasteiger partial charge in [-0.1, -0.05) is 152 Å². The van der Waals surface area contributed by atoms with Crippen molar-refractivity contribution < 1.29 is 4.42 Å². The summed E-state index contributed by atoms with van der Waals surface area (Å²) in [6.45, 7) is 0. The van der Waals surface area contributed by atoms with Crippen LogP contribution in [0.3, 0.4) is 0 Å². The first-order chi connectivity index (χ1) is 30.7. The third kappa shape index (κ3) is 6.09. The highest BCUT2D eigenvalue weighted by molar-refractivity contribution is 6.09. The maximum absolute atomic E-state index is 6.39. The molecule has 0 aliphatic rings. The lowest BCUT2D eigenvalue weighted by molar-refractivity contribution is 0.653. The minimum absolute atomic E-state index is 0.506. The molecule has 5 aromatic heterocycles. The molecule has 0 atom stereocenters. The van der Waals surface area contributed by atoms with E-state index in [0.29, 0.717) is 40.1 Å². The number of para-hydroxylation sites is 2. The number of benzene rings is 7. The third-order valence-electron chi connectivity index (χ3n) is 11.4. The molecule has 0 N–H and O–H groups in total. The molecule has 0 saturated carbocycles. The average molecular weight is 796 g/mol. The summed E-state index contributed by atoms with van der Waals surface area (Å²) in [6, 6.07) is 66.0. The first-order valence-electron chi connectivity index (χ1n) is 20.4. The van der Waals surface area contributed by atoms with Gasteiger partial charge in [-0.3, -0.25) is 0 Å². The molecule has 290 valence electrons. The molecule has 0 radical (unpaired) electrons. The van der Waals surface area contributed by atoms with E-state index in [1.807, 2.05) is 97.2 Å². The van der Waals surface area contributed by atoms with Crippen LogP contribution in [0, 0.1) is 0 Å². The Balaban J connectivity index is 0.923. The first-order valence-corrected chi connectivity index (χ1v) is 20.4. The Labute approximate surface area is 355 Å². The second-order valence-corrected chi connectivity index (χ2v) is 15.2. The van der Waals surface area contributed by atoms with E-state index < -0.39 is 0 Å². The minimum Gasteiger partial charge on any atom is -0.434 e. The standard InChI is InChI=1S/C54H33N7O/c1-4-14-35(15-5-1)47-49-48(57-50(56-47)36-16-6-2-7-17-36)44-32-40(33-55-54(44)62-49)34-24-26-38(27-25-34)52-58-51(37-18-8-3-9-19-37)59-53(60-52)39-28-30-41(31-29-39)61-45-22-12-10-20-42(45)43-21-11-13-23-46(43)61/h1-33H. The van der Waals surface area contributed by atoms with E-state index in [-0.39, 0.29) is 0 Å². The summed E-state index contributed by atoms with van der Waals surface area (Å²) in [6.07, 6.45) is 1.84. The molecule has 5 heterocycles. The van der Waals surface area contributed by atoms with Crippen LogP contribution in [0.5, 0.6) is 0 Å². The van der Waals surface area contributed by atoms with Gasteiger partial charge in [-0.25, -0.2) is 29.9 Å². The number of pyridine rings is 1. The van der Waals surface area contributed by atoms with Gasteiger partial charge in [-0.05, 0) is 48.0 Å². The summed E-state index contributed by atoms with van der Waals surface area (Å²) in [4.78, 5) is 29.9. The lowest BCUT2D eigenvalue weighted by Gasteiger charge is -2.11. The molecule has 62 heavy (non-hydrogen) atoms. The molecule has 7 aromatic carbocycles. The summed E-state index contributed by atoms with van der Waals surface area (Å²) < 4.78 is 8.70. The summed E-state index contributed by atoms with van der Waals surface area (Å²) in [5.41, 5.74) is 12.4. The van der Waals surface area contributed by atoms with Crippen molar-refractivity contribution in [3.05, 3.63) is 200 Å². The van der Waals surface area contributed by atoms with Crippen molar-refractivity contribution in [3.8, 4) is 73.6 Å². The molecule has 8 heteroatoms. The zero-order valence-corrected chi connectivity index (χ0v) is 33.1. The topological polar surface area (TPSA) is 95.4 Å². The maximum Gasteiger partial charge on any atom is 0.229 e. The molecule has 0 bridgehead atoms. The molecule has 0 aliphatic heterocycles. The van der Waals surface area contributed by atoms with E-state index in [4.69, 9.17) is 34.3 Å². The fraction of sp³-hybridized carbons (Fsp3) is 0. The van der Waals surface area contributed by atoms with Gasteiger partial charge in [0.2, 0.25) is 5.71 Å². The van der Waals surface area contributed by atoms with Gasteiger partial charge >= 0.3 is 0 Å². The van der Waals surface area contributed by atoms with E-state index >= 15 is 0 Å². The normalized spacial score (nSPS) is 11.5. The second kappa shape index (κ2) is 14.6. The van der Waals surface area contributed by atoms with Crippen molar-refractivity contribution in [2.24, 2.45) is 0 Å². The summed E-state index contributed by atoms with van der Waals surface area (Å²) in [7, 11) is 0. The Morgan fingerprint density at radius 3 is 1.37 bits per heavy atom. The number of hydrogen-bond donors (Lipinski definition) is 0. The van der Waals surface area contributed by atoms with Crippen molar-refractivity contribution in [2.45, 2.75) is 0 Å². The van der Waals surface area contributed by atoms with Crippen molar-refractivity contribution in [1.82, 2.24) is 34.5 Å². The van der Waals surface area contributed by atoms with E-state index in [1.165, 1.54) is 10.8 Å². The number of aromatic nitrogens is 7. The van der Waals surface area contributed by atoms with Crippen LogP contribution >= 0.6 is 0 Å². The predicted octanol–water partition coefficient (Wildman–Crippen LogP) is 13.1. The molecule has 0 aliphatic carbocycles. The summed E-state index contributed by atoms with van der Waals surface area (Å²) in [5, 5.41) is 3.27. The predicted molar refractivity (Wildman–Crippen MR) is 247 cm³/mol. The average Bonchev–Trinajstić information content (AvgIpc) is 3.90. The summed E-state index contributed by atoms with van der Waals surface area (Å²) >= 11 is 0. The van der Waals surface area contributed by atoms with Crippen LogP contribution < -0.4 is 0 Å². The maximum atomic E-state index is 6.39. The van der Waals surface area contributed by atoms with Crippen LogP contribution in [0.1, 0.15) is 0 Å². The van der Waals surface area contributed by atoms with Crippen molar-refractivity contribution in [2.75, 3.05) is 0 Å². The molecule has 8 nitrogen and oxygen atoms in total. The molecule has 0 saturated heterocycles. The number of fused-ring (bicyclic) bond motifs is 6. The highest BCUT2D eigenvalue weighted by Crippen LogP contribution is 2.37. The fourth-order valence-electron chi connectivity index (χ4n) is 8.32. The van der Waals surface area contributed by atoms with Crippen LogP contribution in [-0.2, 0) is 0 Å². The Morgan fingerprint density at radius 1 is 0.355 bits per heavy atom. The Kier molecular flexibility index (Phi) is 8.31. The largest absolute Gasteiger partial charge is 0.434 e. The van der Waals surface area contributed by atoms with E-state index in [2.05, 4.69) is 108 Å². The fourth-order valence-corrected chi connectivity index (χ4v) is 8.32. The third-order valence-corrected chi connectivity index (χ3v) is 11.4. The van der Waals surface area contributed by atoms with Gasteiger partial charge in [-0.2, -0.15) is 0 Å². The zero-order valence-electron chi connectivity index (χ0n) is 33.1. The second-order valence-electron chi connectivity index (χ2n) is 15.2. The number of rotatable bonds is 7. The zero-order chi connectivity index (χ0) is 41.0. The minimum atomic E-state index is 0.506. The van der Waals surface area contributed by atoms with Crippen LogP contribution in [0.15, 0.2) is 205 Å². The number of hydrogen-bond acceptors (Lipinski definition) is 7. The molecular formula is C54H33N7O. The van der Waals surface area contributed by atoms with Crippen LogP contribution in [0.4, 0.5) is 0 Å². The Hall–Kier alpha value is -8.62. The van der Waals surface area contributed by atoms with Gasteiger partial charge in [0.05, 0.1) is 16.4 Å². The van der Waals surface area contributed by atoms with Crippen LogP contribution in [0.2, 0.25) is 0 Å². The van der Waals surface area contributed by atoms with Gasteiger partial charge in [0.25, 0.3) is 0 Å². The molecule has 12 aromatic rings. The van der Waals surface area contributed by atoms with E-state index in [0.717, 1.165) is 66.7 Å². The number of nitrogens with zero attached hydrogens (tertiary/aromatic N) is 7. The van der Waals surface area contributed by atoms with Gasteiger partial charge in [-0.15, -0.1) is 0 Å². The summed E-state index contributed by atoms with van der Waals surface area (Å²) in [5.74, 6) is 2.41. The highest BCUT2D eigenvalue weighted by atomic mass is 16.3. The molecule has 12 rings (SSSR count). The lowest BCUT2D eigenvalue weighted by Crippen LogP contribution is -2.00. The van der Waals surface area contributed by atoms with Gasteiger partial charge in [0, 0.05) is 56.0 Å². The molecule has 0 fully saturated rings. The lowest BCUT2D eigenvalue weighted by atomic mass is 10.0. The number of furan rings is 1. The molecule has 0 unspecified atom stereocenters. The molecule has 0 spiro atoms. The molecular weight excluding hydrogens is 763 g/mol. The Morgan fingerprint density at radius 2 is 0.806 bits per heavy atom. The van der Waals surface area contributed by atoms with Crippen LogP contribution in [-0.4, -0.2) is 34.5 Å². The van der Waals surface area contributed by atoms with Gasteiger partial charge < -0.3 is 8.98 Å². The van der Waals surface area contributed by atoms with Crippen molar-refractivity contribution >= 4 is 44.0 Å². The highest BCUT2D eigenvalue weighted by Gasteiger charge is 2.20. The van der Waals surface area contributed by atoms with Crippen LogP contribution in [0.25, 0.3) is 118 Å². The molecule has 0 amide bonds. The Bertz CT molecular complexity index is 3550. The van der Waals surface area contributed by atoms with Gasteiger partial charge in [0.15, 0.2) is 28.9 Å².